The number of amides is 1. The summed E-state index contributed by atoms with van der Waals surface area (Å²) in [4.78, 5) is 34.8. The highest BCUT2D eigenvalue weighted by Gasteiger charge is 2.25. The normalized spacial score (nSPS) is 17.1. The van der Waals surface area contributed by atoms with E-state index in [1.54, 1.807) is 20.8 Å². The number of thioether (sulfide) groups is 1. The molecule has 1 fully saturated rings. The molecule has 1 saturated heterocycles. The van der Waals surface area contributed by atoms with Crippen molar-refractivity contribution < 1.29 is 32.6 Å². The Morgan fingerprint density at radius 2 is 1.83 bits per heavy atom. The van der Waals surface area contributed by atoms with Crippen LogP contribution in [-0.4, -0.2) is 41.9 Å². The van der Waals surface area contributed by atoms with Crippen LogP contribution in [0.2, 0.25) is 0 Å². The van der Waals surface area contributed by atoms with E-state index in [9.17, 15) is 23.2 Å². The Kier molecular flexibility index (Phi) is 6.85. The van der Waals surface area contributed by atoms with Gasteiger partial charge in [0, 0.05) is 6.08 Å². The largest absolute Gasteiger partial charge is 0.466 e. The zero-order valence-corrected chi connectivity index (χ0v) is 16.7. The molecule has 1 amide bonds. The fourth-order valence-electron chi connectivity index (χ4n) is 1.94. The fraction of sp³-hybridized carbons (Fsp3) is 0.278. The predicted octanol–water partition coefficient (Wildman–Crippen LogP) is 2.53. The lowest BCUT2D eigenvalue weighted by atomic mass is 10.1. The van der Waals surface area contributed by atoms with Crippen LogP contribution in [0.1, 0.15) is 36.7 Å². The molecule has 0 radical (unpaired) electrons. The summed E-state index contributed by atoms with van der Waals surface area (Å²) in [5.41, 5.74) is -1.62. The van der Waals surface area contributed by atoms with E-state index in [1.165, 1.54) is 0 Å². The summed E-state index contributed by atoms with van der Waals surface area (Å²) in [6, 6.07) is 1.66. The van der Waals surface area contributed by atoms with E-state index in [0.29, 0.717) is 0 Å². The molecule has 1 aromatic carbocycles. The van der Waals surface area contributed by atoms with Gasteiger partial charge in [0.05, 0.1) is 29.4 Å². The number of nitrogens with one attached hydrogen (secondary N) is 1. The monoisotopic (exact) mass is 425 g/mol. The number of methoxy groups -OCH3 is 1. The van der Waals surface area contributed by atoms with Crippen LogP contribution < -0.4 is 5.32 Å². The van der Waals surface area contributed by atoms with Crippen molar-refractivity contribution in [2.75, 3.05) is 7.11 Å². The topological polar surface area (TPSA) is 106 Å². The fourth-order valence-corrected chi connectivity index (χ4v) is 2.68. The summed E-state index contributed by atoms with van der Waals surface area (Å²) >= 11 is 0.805. The van der Waals surface area contributed by atoms with E-state index in [4.69, 9.17) is 4.74 Å². The van der Waals surface area contributed by atoms with Gasteiger partial charge in [0.1, 0.15) is 17.2 Å². The van der Waals surface area contributed by atoms with Crippen LogP contribution in [0.3, 0.4) is 0 Å². The average molecular weight is 425 g/mol. The van der Waals surface area contributed by atoms with Crippen molar-refractivity contribution in [3.63, 3.8) is 0 Å². The lowest BCUT2D eigenvalue weighted by Gasteiger charge is -2.19. The number of nitrogens with zero attached hydrogens (tertiary/aromatic N) is 2. The van der Waals surface area contributed by atoms with Crippen LogP contribution in [0, 0.1) is 11.6 Å². The Balaban J connectivity index is 2.16. The number of ether oxygens (including phenoxy) is 2. The minimum absolute atomic E-state index is 0.00703. The number of rotatable bonds is 4. The molecule has 154 valence electrons. The minimum atomic E-state index is -1.04. The third kappa shape index (κ3) is 6.21. The van der Waals surface area contributed by atoms with Gasteiger partial charge >= 0.3 is 11.9 Å². The van der Waals surface area contributed by atoms with Gasteiger partial charge in [-0.1, -0.05) is 0 Å². The molecule has 0 aromatic heterocycles. The molecule has 1 heterocycles. The van der Waals surface area contributed by atoms with Gasteiger partial charge in [-0.2, -0.15) is 5.10 Å². The molecule has 0 aliphatic carbocycles. The lowest BCUT2D eigenvalue weighted by Crippen LogP contribution is -2.24. The lowest BCUT2D eigenvalue weighted by molar-refractivity contribution is -0.135. The molecule has 29 heavy (non-hydrogen) atoms. The van der Waals surface area contributed by atoms with Crippen molar-refractivity contribution in [2.45, 2.75) is 26.4 Å². The van der Waals surface area contributed by atoms with Crippen LogP contribution in [0.15, 0.2) is 33.3 Å². The molecule has 0 unspecified atom stereocenters. The summed E-state index contributed by atoms with van der Waals surface area (Å²) in [5.74, 6) is -4.25. The minimum Gasteiger partial charge on any atom is -0.466 e. The second-order valence-corrected chi connectivity index (χ2v) is 7.62. The van der Waals surface area contributed by atoms with Gasteiger partial charge in [-0.05, 0) is 44.7 Å². The molecule has 0 atom stereocenters. The van der Waals surface area contributed by atoms with Gasteiger partial charge < -0.3 is 9.47 Å². The number of hydrogen-bond donors (Lipinski definition) is 1. The summed E-state index contributed by atoms with van der Waals surface area (Å²) < 4.78 is 37.9. The number of esters is 2. The Morgan fingerprint density at radius 3 is 2.38 bits per heavy atom. The van der Waals surface area contributed by atoms with Crippen molar-refractivity contribution in [2.24, 2.45) is 10.2 Å². The first-order valence-electron chi connectivity index (χ1n) is 8.12. The van der Waals surface area contributed by atoms with E-state index in [1.807, 2.05) is 0 Å². The third-order valence-electron chi connectivity index (χ3n) is 3.15. The van der Waals surface area contributed by atoms with E-state index in [-0.39, 0.29) is 15.6 Å². The molecular formula is C18H17F2N3O5S. The van der Waals surface area contributed by atoms with Gasteiger partial charge in [0.2, 0.25) is 0 Å². The van der Waals surface area contributed by atoms with Crippen LogP contribution in [0.4, 0.5) is 8.78 Å². The maximum atomic E-state index is 14.2. The highest BCUT2D eigenvalue weighted by atomic mass is 32.2. The molecule has 1 N–H and O–H groups in total. The Morgan fingerprint density at radius 1 is 1.21 bits per heavy atom. The van der Waals surface area contributed by atoms with Gasteiger partial charge in [-0.25, -0.2) is 18.4 Å². The number of carbonyl (C=O) groups is 3. The molecule has 8 nitrogen and oxygen atoms in total. The Hall–Kier alpha value is -3.08. The molecule has 11 heteroatoms. The van der Waals surface area contributed by atoms with E-state index in [0.717, 1.165) is 43.3 Å². The maximum absolute atomic E-state index is 14.2. The summed E-state index contributed by atoms with van der Waals surface area (Å²) in [7, 11) is 1.16. The molecular weight excluding hydrogens is 408 g/mol. The maximum Gasteiger partial charge on any atom is 0.338 e. The van der Waals surface area contributed by atoms with Crippen molar-refractivity contribution in [1.29, 1.82) is 0 Å². The van der Waals surface area contributed by atoms with Crippen molar-refractivity contribution in [3.8, 4) is 0 Å². The van der Waals surface area contributed by atoms with Gasteiger partial charge in [-0.15, -0.1) is 5.10 Å². The van der Waals surface area contributed by atoms with Crippen LogP contribution >= 0.6 is 11.8 Å². The van der Waals surface area contributed by atoms with E-state index in [2.05, 4.69) is 20.3 Å². The van der Waals surface area contributed by atoms with E-state index < -0.39 is 40.6 Å². The standard InChI is InChI=1S/C18H17F2N3O5S/c1-18(2,3)28-16(26)9-5-11(19)10(12(20)6-9)8-21-23-17-22-15(25)13(29-17)7-14(24)27-4/h5-8H,1-4H3,(H,22,23,25)/b13-7+,21-8?. The van der Waals surface area contributed by atoms with Crippen LogP contribution in [0.5, 0.6) is 0 Å². The van der Waals surface area contributed by atoms with Gasteiger partial charge in [0.25, 0.3) is 5.91 Å². The molecule has 1 aliphatic heterocycles. The van der Waals surface area contributed by atoms with Crippen molar-refractivity contribution in [3.05, 3.63) is 45.9 Å². The van der Waals surface area contributed by atoms with Crippen molar-refractivity contribution >= 4 is 41.0 Å². The predicted molar refractivity (Wildman–Crippen MR) is 102 cm³/mol. The number of hydrogen-bond acceptors (Lipinski definition) is 8. The Labute approximate surface area is 169 Å². The second kappa shape index (κ2) is 8.95. The first-order valence-corrected chi connectivity index (χ1v) is 8.94. The number of benzene rings is 1. The molecule has 0 spiro atoms. The molecule has 0 bridgehead atoms. The molecule has 2 rings (SSSR count). The SMILES string of the molecule is COC(=O)/C=C1/S/C(=N\N=Cc2c(F)cc(C(=O)OC(C)(C)C)cc2F)NC1=O. The smallest absolute Gasteiger partial charge is 0.338 e. The number of carbonyl (C=O) groups excluding carboxylic acids is 3. The second-order valence-electron chi connectivity index (χ2n) is 6.59. The van der Waals surface area contributed by atoms with Gasteiger partial charge in [0.15, 0.2) is 5.17 Å². The highest BCUT2D eigenvalue weighted by Crippen LogP contribution is 2.23. The molecule has 0 saturated carbocycles. The third-order valence-corrected chi connectivity index (χ3v) is 4.05. The summed E-state index contributed by atoms with van der Waals surface area (Å²) in [5, 5.41) is 9.51. The van der Waals surface area contributed by atoms with Crippen LogP contribution in [-0.2, 0) is 19.1 Å². The number of halogens is 2. The highest BCUT2D eigenvalue weighted by molar-refractivity contribution is 8.18. The first kappa shape index (κ1) is 22.2. The summed E-state index contributed by atoms with van der Waals surface area (Å²) in [6.07, 6.45) is 1.77. The average Bonchev–Trinajstić information content (AvgIpc) is 2.95. The van der Waals surface area contributed by atoms with Crippen molar-refractivity contribution in [1.82, 2.24) is 5.32 Å². The Bertz CT molecular complexity index is 928. The molecule has 1 aliphatic rings. The molecule has 1 aromatic rings. The van der Waals surface area contributed by atoms with E-state index >= 15 is 0 Å². The van der Waals surface area contributed by atoms with Crippen LogP contribution in [0.25, 0.3) is 0 Å². The first-order chi connectivity index (χ1) is 13.5. The quantitative estimate of drug-likeness (QED) is 0.344. The van der Waals surface area contributed by atoms with Gasteiger partial charge in [-0.3, -0.25) is 10.1 Å². The zero-order valence-electron chi connectivity index (χ0n) is 15.9. The number of amidine groups is 1. The summed E-state index contributed by atoms with van der Waals surface area (Å²) in [6.45, 7) is 4.89. The zero-order chi connectivity index (χ0) is 21.8.